The Hall–Kier alpha value is -1.43. The van der Waals surface area contributed by atoms with Crippen LogP contribution in [-0.2, 0) is 11.2 Å². The topological polar surface area (TPSA) is 47.0 Å². The molecule has 0 aliphatic carbocycles. The van der Waals surface area contributed by atoms with Crippen molar-refractivity contribution < 1.29 is 9.90 Å². The maximum absolute atomic E-state index is 12.8. The van der Waals surface area contributed by atoms with Crippen molar-refractivity contribution in [1.29, 1.82) is 0 Å². The van der Waals surface area contributed by atoms with Crippen molar-refractivity contribution in [3.05, 3.63) is 35.9 Å². The molecule has 0 radical (unpaired) electrons. The number of likely N-dealkylation sites (N-methyl/N-ethyl adjacent to an activating group) is 1. The molecule has 2 atom stereocenters. The van der Waals surface area contributed by atoms with Crippen molar-refractivity contribution in [2.45, 2.75) is 19.3 Å². The van der Waals surface area contributed by atoms with E-state index in [1.54, 1.807) is 0 Å². The molecular formula is C21H33N3O2. The molecule has 0 spiro atoms. The van der Waals surface area contributed by atoms with E-state index in [0.717, 1.165) is 44.7 Å². The van der Waals surface area contributed by atoms with E-state index in [0.29, 0.717) is 18.9 Å². The third-order valence-electron chi connectivity index (χ3n) is 5.76. The second-order valence-corrected chi connectivity index (χ2v) is 8.07. The summed E-state index contributed by atoms with van der Waals surface area (Å²) in [5.74, 6) is 0.863. The molecule has 26 heavy (non-hydrogen) atoms. The van der Waals surface area contributed by atoms with Gasteiger partial charge in [0.25, 0.3) is 0 Å². The van der Waals surface area contributed by atoms with Gasteiger partial charge in [-0.3, -0.25) is 4.79 Å². The van der Waals surface area contributed by atoms with Gasteiger partial charge < -0.3 is 19.8 Å². The SMILES string of the molecule is CN1CCCN(C[C@H]2C[C@@H](CO)CN(C(=O)Cc3ccccc3)C2)CC1. The Bertz CT molecular complexity index is 566. The number of carbonyl (C=O) groups is 1. The summed E-state index contributed by atoms with van der Waals surface area (Å²) in [6.07, 6.45) is 2.70. The first-order chi connectivity index (χ1) is 12.6. The van der Waals surface area contributed by atoms with Gasteiger partial charge in [-0.25, -0.2) is 0 Å². The molecule has 2 saturated heterocycles. The van der Waals surface area contributed by atoms with Crippen molar-refractivity contribution in [3.63, 3.8) is 0 Å². The van der Waals surface area contributed by atoms with Gasteiger partial charge in [0.2, 0.25) is 5.91 Å². The second-order valence-electron chi connectivity index (χ2n) is 8.07. The van der Waals surface area contributed by atoms with Crippen LogP contribution >= 0.6 is 0 Å². The van der Waals surface area contributed by atoms with Crippen molar-refractivity contribution in [1.82, 2.24) is 14.7 Å². The van der Waals surface area contributed by atoms with E-state index in [9.17, 15) is 9.90 Å². The van der Waals surface area contributed by atoms with Crippen LogP contribution in [-0.4, -0.2) is 85.2 Å². The molecule has 1 N–H and O–H groups in total. The molecule has 2 heterocycles. The lowest BCUT2D eigenvalue weighted by molar-refractivity contribution is -0.134. The zero-order valence-electron chi connectivity index (χ0n) is 16.0. The highest BCUT2D eigenvalue weighted by molar-refractivity contribution is 5.78. The summed E-state index contributed by atoms with van der Waals surface area (Å²) in [7, 11) is 2.19. The van der Waals surface area contributed by atoms with Crippen molar-refractivity contribution in [2.75, 3.05) is 59.5 Å². The Kier molecular flexibility index (Phi) is 7.06. The van der Waals surface area contributed by atoms with Crippen LogP contribution < -0.4 is 0 Å². The summed E-state index contributed by atoms with van der Waals surface area (Å²) >= 11 is 0. The van der Waals surface area contributed by atoms with E-state index < -0.39 is 0 Å². The Morgan fingerprint density at radius 3 is 2.62 bits per heavy atom. The molecule has 2 aliphatic heterocycles. The van der Waals surface area contributed by atoms with Crippen LogP contribution in [0.2, 0.25) is 0 Å². The standard InChI is InChI=1S/C21H33N3O2/c1-22-8-5-9-23(11-10-22)14-19-12-20(17-25)16-24(15-19)21(26)13-18-6-3-2-4-7-18/h2-4,6-7,19-20,25H,5,8-17H2,1H3/t19-,20-/m1/s1. The van der Waals surface area contributed by atoms with Crippen LogP contribution in [0.1, 0.15) is 18.4 Å². The van der Waals surface area contributed by atoms with E-state index >= 15 is 0 Å². The molecule has 0 bridgehead atoms. The van der Waals surface area contributed by atoms with Gasteiger partial charge in [0.1, 0.15) is 0 Å². The fraction of sp³-hybridized carbons (Fsp3) is 0.667. The van der Waals surface area contributed by atoms with E-state index in [1.807, 2.05) is 35.2 Å². The number of amides is 1. The summed E-state index contributed by atoms with van der Waals surface area (Å²) in [6, 6.07) is 9.96. The first-order valence-corrected chi connectivity index (χ1v) is 9.97. The van der Waals surface area contributed by atoms with E-state index in [4.69, 9.17) is 0 Å². The van der Waals surface area contributed by atoms with Gasteiger partial charge in [-0.1, -0.05) is 30.3 Å². The molecule has 0 unspecified atom stereocenters. The maximum atomic E-state index is 12.8. The van der Waals surface area contributed by atoms with Gasteiger partial charge in [0.15, 0.2) is 0 Å². The third kappa shape index (κ3) is 5.53. The van der Waals surface area contributed by atoms with Crippen LogP contribution in [0, 0.1) is 11.8 Å². The zero-order chi connectivity index (χ0) is 18.4. The number of hydrogen-bond donors (Lipinski definition) is 1. The average molecular weight is 360 g/mol. The molecule has 3 rings (SSSR count). The van der Waals surface area contributed by atoms with Crippen LogP contribution in [0.15, 0.2) is 30.3 Å². The van der Waals surface area contributed by atoms with Gasteiger partial charge >= 0.3 is 0 Å². The van der Waals surface area contributed by atoms with Crippen LogP contribution in [0.3, 0.4) is 0 Å². The first-order valence-electron chi connectivity index (χ1n) is 9.97. The Morgan fingerprint density at radius 2 is 1.85 bits per heavy atom. The number of nitrogens with zero attached hydrogens (tertiary/aromatic N) is 3. The number of hydrogen-bond acceptors (Lipinski definition) is 4. The number of rotatable bonds is 5. The van der Waals surface area contributed by atoms with E-state index in [-0.39, 0.29) is 18.4 Å². The predicted molar refractivity (Wildman–Crippen MR) is 104 cm³/mol. The van der Waals surface area contributed by atoms with Gasteiger partial charge in [-0.05, 0) is 50.4 Å². The lowest BCUT2D eigenvalue weighted by Gasteiger charge is -2.39. The van der Waals surface area contributed by atoms with Gasteiger partial charge in [-0.15, -0.1) is 0 Å². The summed E-state index contributed by atoms with van der Waals surface area (Å²) in [4.78, 5) is 19.7. The molecular weight excluding hydrogens is 326 g/mol. The Morgan fingerprint density at radius 1 is 1.08 bits per heavy atom. The van der Waals surface area contributed by atoms with Crippen LogP contribution in [0.4, 0.5) is 0 Å². The Balaban J connectivity index is 1.58. The zero-order valence-corrected chi connectivity index (χ0v) is 16.0. The number of aliphatic hydroxyl groups is 1. The molecule has 5 heteroatoms. The molecule has 0 saturated carbocycles. The monoisotopic (exact) mass is 359 g/mol. The fourth-order valence-electron chi connectivity index (χ4n) is 4.32. The van der Waals surface area contributed by atoms with Crippen molar-refractivity contribution in [3.8, 4) is 0 Å². The predicted octanol–water partition coefficient (Wildman–Crippen LogP) is 1.32. The lowest BCUT2D eigenvalue weighted by atomic mass is 9.88. The number of benzene rings is 1. The van der Waals surface area contributed by atoms with Gasteiger partial charge in [-0.2, -0.15) is 0 Å². The molecule has 1 amide bonds. The van der Waals surface area contributed by atoms with Gasteiger partial charge in [0, 0.05) is 39.3 Å². The fourth-order valence-corrected chi connectivity index (χ4v) is 4.32. The minimum Gasteiger partial charge on any atom is -0.396 e. The molecule has 2 fully saturated rings. The highest BCUT2D eigenvalue weighted by Crippen LogP contribution is 2.24. The normalized spacial score (nSPS) is 25.8. The quantitative estimate of drug-likeness (QED) is 0.862. The largest absolute Gasteiger partial charge is 0.396 e. The summed E-state index contributed by atoms with van der Waals surface area (Å²) in [5.41, 5.74) is 1.07. The van der Waals surface area contributed by atoms with Crippen LogP contribution in [0.25, 0.3) is 0 Å². The minimum atomic E-state index is 0.175. The number of likely N-dealkylation sites (tertiary alicyclic amines) is 1. The van der Waals surface area contributed by atoms with Crippen molar-refractivity contribution >= 4 is 5.91 Å². The molecule has 1 aromatic rings. The maximum Gasteiger partial charge on any atom is 0.227 e. The van der Waals surface area contributed by atoms with E-state index in [1.165, 1.54) is 13.0 Å². The smallest absolute Gasteiger partial charge is 0.227 e. The van der Waals surface area contributed by atoms with Crippen molar-refractivity contribution in [2.24, 2.45) is 11.8 Å². The number of piperidine rings is 1. The summed E-state index contributed by atoms with van der Waals surface area (Å²) in [6.45, 7) is 7.27. The minimum absolute atomic E-state index is 0.175. The second kappa shape index (κ2) is 9.49. The summed E-state index contributed by atoms with van der Waals surface area (Å²) < 4.78 is 0. The average Bonchev–Trinajstić information content (AvgIpc) is 2.86. The highest BCUT2D eigenvalue weighted by atomic mass is 16.3. The lowest BCUT2D eigenvalue weighted by Crippen LogP contribution is -2.48. The molecule has 2 aliphatic rings. The third-order valence-corrected chi connectivity index (χ3v) is 5.76. The molecule has 0 aromatic heterocycles. The number of carbonyl (C=O) groups excluding carboxylic acids is 1. The highest BCUT2D eigenvalue weighted by Gasteiger charge is 2.30. The molecule has 144 valence electrons. The molecule has 5 nitrogen and oxygen atoms in total. The molecule has 1 aromatic carbocycles. The van der Waals surface area contributed by atoms with Gasteiger partial charge in [0.05, 0.1) is 6.42 Å². The number of aliphatic hydroxyl groups excluding tert-OH is 1. The van der Waals surface area contributed by atoms with E-state index in [2.05, 4.69) is 16.8 Å². The first kappa shape index (κ1) is 19.3. The summed E-state index contributed by atoms with van der Waals surface area (Å²) in [5, 5.41) is 9.73. The Labute approximate surface area is 157 Å². The van der Waals surface area contributed by atoms with Crippen LogP contribution in [0.5, 0.6) is 0 Å².